The largest absolute Gasteiger partial charge is 0.318 e. The molecule has 0 radical (unpaired) electrons. The second-order valence-corrected chi connectivity index (χ2v) is 3.16. The lowest BCUT2D eigenvalue weighted by Gasteiger charge is -1.99. The van der Waals surface area contributed by atoms with Crippen LogP contribution in [0.5, 0.6) is 0 Å². The van der Waals surface area contributed by atoms with Crippen LogP contribution in [0.4, 0.5) is 5.69 Å². The Bertz CT molecular complexity index is 479. The van der Waals surface area contributed by atoms with Crippen molar-refractivity contribution in [2.24, 2.45) is 0 Å². The number of anilines is 1. The van der Waals surface area contributed by atoms with Crippen molar-refractivity contribution in [1.82, 2.24) is 20.2 Å². The summed E-state index contributed by atoms with van der Waals surface area (Å²) in [4.78, 5) is 19.6. The standard InChI is InChI=1S/C10H11N5O/c1-2-8-13-9(15-14-8)10(16)12-7-4-3-5-11-6-7/h3-6H,2H2,1H3,(H,12,16)(H,13,14,15). The molecule has 0 aliphatic rings. The van der Waals surface area contributed by atoms with Crippen LogP contribution in [0.25, 0.3) is 0 Å². The molecule has 0 bridgehead atoms. The normalized spacial score (nSPS) is 10.1. The van der Waals surface area contributed by atoms with E-state index in [0.29, 0.717) is 17.9 Å². The van der Waals surface area contributed by atoms with Gasteiger partial charge in [0.05, 0.1) is 11.9 Å². The van der Waals surface area contributed by atoms with Crippen molar-refractivity contribution in [3.05, 3.63) is 36.2 Å². The van der Waals surface area contributed by atoms with Gasteiger partial charge in [0, 0.05) is 12.6 Å². The highest BCUT2D eigenvalue weighted by Gasteiger charge is 2.11. The topological polar surface area (TPSA) is 83.6 Å². The van der Waals surface area contributed by atoms with Gasteiger partial charge in [-0.1, -0.05) is 6.92 Å². The summed E-state index contributed by atoms with van der Waals surface area (Å²) < 4.78 is 0. The molecule has 0 atom stereocenters. The average molecular weight is 217 g/mol. The molecule has 1 amide bonds. The van der Waals surface area contributed by atoms with Crippen LogP contribution in [-0.2, 0) is 6.42 Å². The van der Waals surface area contributed by atoms with Gasteiger partial charge in [-0.05, 0) is 12.1 Å². The fraction of sp³-hybridized carbons (Fsp3) is 0.200. The van der Waals surface area contributed by atoms with Crippen molar-refractivity contribution < 1.29 is 4.79 Å². The number of nitrogens with zero attached hydrogens (tertiary/aromatic N) is 3. The Balaban J connectivity index is 2.09. The van der Waals surface area contributed by atoms with Gasteiger partial charge in [-0.15, -0.1) is 5.10 Å². The smallest absolute Gasteiger partial charge is 0.295 e. The van der Waals surface area contributed by atoms with Crippen molar-refractivity contribution in [2.75, 3.05) is 5.32 Å². The van der Waals surface area contributed by atoms with E-state index in [1.807, 2.05) is 6.92 Å². The molecule has 2 heterocycles. The van der Waals surface area contributed by atoms with Crippen molar-refractivity contribution in [3.63, 3.8) is 0 Å². The molecular weight excluding hydrogens is 206 g/mol. The van der Waals surface area contributed by atoms with Gasteiger partial charge in [0.1, 0.15) is 5.82 Å². The zero-order valence-corrected chi connectivity index (χ0v) is 8.77. The van der Waals surface area contributed by atoms with Gasteiger partial charge in [-0.2, -0.15) is 0 Å². The predicted molar refractivity (Wildman–Crippen MR) is 58.0 cm³/mol. The molecular formula is C10H11N5O. The molecule has 0 fully saturated rings. The number of amides is 1. The van der Waals surface area contributed by atoms with Gasteiger partial charge in [0.15, 0.2) is 0 Å². The maximum atomic E-state index is 11.7. The maximum Gasteiger partial charge on any atom is 0.295 e. The molecule has 0 unspecified atom stereocenters. The van der Waals surface area contributed by atoms with Crippen molar-refractivity contribution in [2.45, 2.75) is 13.3 Å². The summed E-state index contributed by atoms with van der Waals surface area (Å²) in [6.45, 7) is 1.93. The van der Waals surface area contributed by atoms with Crippen LogP contribution in [0, 0.1) is 0 Å². The van der Waals surface area contributed by atoms with Crippen molar-refractivity contribution in [1.29, 1.82) is 0 Å². The molecule has 2 aromatic heterocycles. The number of aryl methyl sites for hydroxylation is 1. The summed E-state index contributed by atoms with van der Waals surface area (Å²) in [5.41, 5.74) is 0.621. The van der Waals surface area contributed by atoms with Gasteiger partial charge in [-0.3, -0.25) is 14.9 Å². The van der Waals surface area contributed by atoms with E-state index in [4.69, 9.17) is 0 Å². The summed E-state index contributed by atoms with van der Waals surface area (Å²) in [5.74, 6) is 0.487. The van der Waals surface area contributed by atoms with Crippen LogP contribution in [-0.4, -0.2) is 26.1 Å². The Hall–Kier alpha value is -2.24. The third-order valence-corrected chi connectivity index (χ3v) is 1.99. The van der Waals surface area contributed by atoms with Crippen LogP contribution >= 0.6 is 0 Å². The monoisotopic (exact) mass is 217 g/mol. The summed E-state index contributed by atoms with van der Waals surface area (Å²) in [7, 11) is 0. The number of hydrogen-bond donors (Lipinski definition) is 2. The summed E-state index contributed by atoms with van der Waals surface area (Å²) in [6, 6.07) is 3.49. The first kappa shape index (κ1) is 10.3. The van der Waals surface area contributed by atoms with Crippen molar-refractivity contribution >= 4 is 11.6 Å². The Morgan fingerprint density at radius 3 is 3.06 bits per heavy atom. The van der Waals surface area contributed by atoms with E-state index in [0.717, 1.165) is 0 Å². The number of aromatic nitrogens is 4. The Morgan fingerprint density at radius 1 is 1.56 bits per heavy atom. The van der Waals surface area contributed by atoms with Gasteiger partial charge in [0.2, 0.25) is 5.82 Å². The van der Waals surface area contributed by atoms with E-state index in [1.165, 1.54) is 0 Å². The highest BCUT2D eigenvalue weighted by atomic mass is 16.2. The number of hydrogen-bond acceptors (Lipinski definition) is 4. The van der Waals surface area contributed by atoms with E-state index >= 15 is 0 Å². The summed E-state index contributed by atoms with van der Waals surface area (Å²) in [6.07, 6.45) is 3.91. The third kappa shape index (κ3) is 2.22. The molecule has 0 spiro atoms. The van der Waals surface area contributed by atoms with Crippen molar-refractivity contribution in [3.8, 4) is 0 Å². The van der Waals surface area contributed by atoms with Gasteiger partial charge < -0.3 is 5.32 Å². The molecule has 6 heteroatoms. The quantitative estimate of drug-likeness (QED) is 0.803. The molecule has 0 aliphatic heterocycles. The zero-order chi connectivity index (χ0) is 11.4. The first-order chi connectivity index (χ1) is 7.79. The summed E-state index contributed by atoms with van der Waals surface area (Å²) >= 11 is 0. The van der Waals surface area contributed by atoms with E-state index in [9.17, 15) is 4.79 Å². The SMILES string of the molecule is CCc1nc(C(=O)Nc2cccnc2)n[nH]1. The second kappa shape index (κ2) is 4.52. The number of carbonyl (C=O) groups excluding carboxylic acids is 1. The Kier molecular flexibility index (Phi) is 2.90. The molecule has 2 N–H and O–H groups in total. The molecule has 2 rings (SSSR count). The lowest BCUT2D eigenvalue weighted by molar-refractivity contribution is 0.101. The molecule has 2 aromatic rings. The molecule has 0 aromatic carbocycles. The Morgan fingerprint density at radius 2 is 2.44 bits per heavy atom. The van der Waals surface area contributed by atoms with E-state index < -0.39 is 0 Å². The molecule has 0 aliphatic carbocycles. The number of aromatic amines is 1. The number of rotatable bonds is 3. The lowest BCUT2D eigenvalue weighted by atomic mass is 10.4. The minimum Gasteiger partial charge on any atom is -0.318 e. The van der Waals surface area contributed by atoms with E-state index in [2.05, 4.69) is 25.5 Å². The van der Waals surface area contributed by atoms with Gasteiger partial charge >= 0.3 is 0 Å². The van der Waals surface area contributed by atoms with Crippen LogP contribution in [0.1, 0.15) is 23.4 Å². The fourth-order valence-electron chi connectivity index (χ4n) is 1.18. The fourth-order valence-corrected chi connectivity index (χ4v) is 1.18. The number of H-pyrrole nitrogens is 1. The van der Waals surface area contributed by atoms with Crippen LogP contribution < -0.4 is 5.32 Å². The minimum absolute atomic E-state index is 0.140. The highest BCUT2D eigenvalue weighted by molar-refractivity contribution is 6.01. The Labute approximate surface area is 92.1 Å². The zero-order valence-electron chi connectivity index (χ0n) is 8.77. The highest BCUT2D eigenvalue weighted by Crippen LogP contribution is 2.04. The molecule has 0 saturated carbocycles. The molecule has 16 heavy (non-hydrogen) atoms. The average Bonchev–Trinajstić information content (AvgIpc) is 2.79. The first-order valence-electron chi connectivity index (χ1n) is 4.92. The number of pyridine rings is 1. The third-order valence-electron chi connectivity index (χ3n) is 1.99. The predicted octanol–water partition coefficient (Wildman–Crippen LogP) is 1.01. The van der Waals surface area contributed by atoms with Crippen LogP contribution in [0.15, 0.2) is 24.5 Å². The van der Waals surface area contributed by atoms with E-state index in [1.54, 1.807) is 24.5 Å². The summed E-state index contributed by atoms with van der Waals surface area (Å²) in [5, 5.41) is 9.15. The molecule has 6 nitrogen and oxygen atoms in total. The maximum absolute atomic E-state index is 11.7. The van der Waals surface area contributed by atoms with Gasteiger partial charge in [0.25, 0.3) is 5.91 Å². The number of carbonyl (C=O) groups is 1. The first-order valence-corrected chi connectivity index (χ1v) is 4.92. The van der Waals surface area contributed by atoms with Crippen LogP contribution in [0.2, 0.25) is 0 Å². The minimum atomic E-state index is -0.344. The number of nitrogens with one attached hydrogen (secondary N) is 2. The molecule has 0 saturated heterocycles. The van der Waals surface area contributed by atoms with Gasteiger partial charge in [-0.25, -0.2) is 4.98 Å². The second-order valence-electron chi connectivity index (χ2n) is 3.16. The van der Waals surface area contributed by atoms with Crippen LogP contribution in [0.3, 0.4) is 0 Å². The lowest BCUT2D eigenvalue weighted by Crippen LogP contribution is -2.13. The molecule has 82 valence electrons. The van der Waals surface area contributed by atoms with E-state index in [-0.39, 0.29) is 11.7 Å².